The summed E-state index contributed by atoms with van der Waals surface area (Å²) in [7, 11) is 0. The molecule has 108 valence electrons. The molecule has 3 N–H and O–H groups in total. The molecule has 6 nitrogen and oxygen atoms in total. The van der Waals surface area contributed by atoms with Crippen molar-refractivity contribution in [3.8, 4) is 6.07 Å². The molecule has 0 aliphatic carbocycles. The molecule has 0 aliphatic heterocycles. The standard InChI is InChI=1S/C15H11ClN6/c16-10-3-1-4-11(7-10)20-15-13(8-17)14(21-22-15)19-9-12-5-2-6-18-12/h1-7,9,18H,(H2,20,21,22)/b19-9+. The van der Waals surface area contributed by atoms with Gasteiger partial charge in [0.25, 0.3) is 0 Å². The minimum absolute atomic E-state index is 0.336. The lowest BCUT2D eigenvalue weighted by atomic mass is 10.3. The summed E-state index contributed by atoms with van der Waals surface area (Å²) >= 11 is 5.94. The number of aromatic nitrogens is 3. The lowest BCUT2D eigenvalue weighted by Gasteiger charge is -2.03. The van der Waals surface area contributed by atoms with Gasteiger partial charge in [-0.3, -0.25) is 5.10 Å². The molecule has 2 heterocycles. The number of hydrogen-bond donors (Lipinski definition) is 3. The third-order valence-electron chi connectivity index (χ3n) is 2.90. The van der Waals surface area contributed by atoms with Gasteiger partial charge < -0.3 is 10.3 Å². The first-order chi connectivity index (χ1) is 10.8. The Bertz CT molecular complexity index is 841. The van der Waals surface area contributed by atoms with Gasteiger partial charge in [-0.15, -0.1) is 0 Å². The van der Waals surface area contributed by atoms with Crippen molar-refractivity contribution in [2.24, 2.45) is 4.99 Å². The van der Waals surface area contributed by atoms with Gasteiger partial charge in [0.05, 0.1) is 11.9 Å². The van der Waals surface area contributed by atoms with Crippen LogP contribution in [0.5, 0.6) is 0 Å². The molecule has 22 heavy (non-hydrogen) atoms. The van der Waals surface area contributed by atoms with Crippen molar-refractivity contribution in [1.82, 2.24) is 15.2 Å². The number of nitrogens with one attached hydrogen (secondary N) is 3. The summed E-state index contributed by atoms with van der Waals surface area (Å²) in [6.45, 7) is 0. The summed E-state index contributed by atoms with van der Waals surface area (Å²) in [4.78, 5) is 7.24. The number of H-pyrrole nitrogens is 2. The van der Waals surface area contributed by atoms with Crippen LogP contribution in [0.3, 0.4) is 0 Å². The van der Waals surface area contributed by atoms with Crippen LogP contribution in [0.1, 0.15) is 11.3 Å². The maximum absolute atomic E-state index is 9.32. The van der Waals surface area contributed by atoms with E-state index < -0.39 is 0 Å². The minimum atomic E-state index is 0.336. The Hall–Kier alpha value is -3.04. The molecule has 0 aliphatic rings. The van der Waals surface area contributed by atoms with Crippen LogP contribution in [0, 0.1) is 11.3 Å². The van der Waals surface area contributed by atoms with Crippen molar-refractivity contribution < 1.29 is 0 Å². The van der Waals surface area contributed by atoms with Crippen LogP contribution < -0.4 is 5.32 Å². The van der Waals surface area contributed by atoms with Crippen LogP contribution in [0.15, 0.2) is 47.6 Å². The zero-order chi connectivity index (χ0) is 15.4. The number of nitriles is 1. The third kappa shape index (κ3) is 3.00. The van der Waals surface area contributed by atoms with E-state index in [2.05, 4.69) is 31.6 Å². The van der Waals surface area contributed by atoms with Gasteiger partial charge in [-0.25, -0.2) is 4.99 Å². The Kier molecular flexibility index (Phi) is 3.90. The van der Waals surface area contributed by atoms with Gasteiger partial charge in [-0.2, -0.15) is 10.4 Å². The summed E-state index contributed by atoms with van der Waals surface area (Å²) in [5.41, 5.74) is 1.92. The Morgan fingerprint density at radius 3 is 2.95 bits per heavy atom. The second-order valence-corrected chi connectivity index (χ2v) is 4.86. The fourth-order valence-corrected chi connectivity index (χ4v) is 2.07. The van der Waals surface area contributed by atoms with Crippen molar-refractivity contribution >= 4 is 35.1 Å². The predicted octanol–water partition coefficient (Wildman–Crippen LogP) is 3.76. The number of hydrogen-bond acceptors (Lipinski definition) is 4. The predicted molar refractivity (Wildman–Crippen MR) is 86.1 cm³/mol. The highest BCUT2D eigenvalue weighted by molar-refractivity contribution is 6.30. The van der Waals surface area contributed by atoms with E-state index in [1.165, 1.54) is 0 Å². The van der Waals surface area contributed by atoms with E-state index in [0.717, 1.165) is 11.4 Å². The molecule has 3 rings (SSSR count). The highest BCUT2D eigenvalue weighted by Crippen LogP contribution is 2.26. The number of anilines is 2. The molecule has 0 saturated heterocycles. The van der Waals surface area contributed by atoms with Gasteiger partial charge in [0.15, 0.2) is 11.6 Å². The molecule has 0 fully saturated rings. The van der Waals surface area contributed by atoms with E-state index in [-0.39, 0.29) is 0 Å². The van der Waals surface area contributed by atoms with Crippen LogP contribution in [0.2, 0.25) is 5.02 Å². The molecule has 1 aromatic carbocycles. The van der Waals surface area contributed by atoms with Gasteiger partial charge in [0.1, 0.15) is 11.6 Å². The average Bonchev–Trinajstić information content (AvgIpc) is 3.14. The van der Waals surface area contributed by atoms with Crippen LogP contribution in [-0.2, 0) is 0 Å². The van der Waals surface area contributed by atoms with Crippen LogP contribution in [0.25, 0.3) is 0 Å². The molecule has 0 spiro atoms. The molecule has 0 atom stereocenters. The summed E-state index contributed by atoms with van der Waals surface area (Å²) in [6, 6.07) is 13.0. The first kappa shape index (κ1) is 13.9. The van der Waals surface area contributed by atoms with Crippen LogP contribution in [0.4, 0.5) is 17.3 Å². The van der Waals surface area contributed by atoms with Crippen molar-refractivity contribution in [3.63, 3.8) is 0 Å². The highest BCUT2D eigenvalue weighted by Gasteiger charge is 2.12. The maximum Gasteiger partial charge on any atom is 0.172 e. The van der Waals surface area contributed by atoms with Crippen molar-refractivity contribution in [1.29, 1.82) is 5.26 Å². The number of halogens is 1. The van der Waals surface area contributed by atoms with E-state index in [4.69, 9.17) is 11.6 Å². The number of rotatable bonds is 4. The molecular formula is C15H11ClN6. The number of aromatic amines is 2. The summed E-state index contributed by atoms with van der Waals surface area (Å²) in [5, 5.41) is 19.8. The minimum Gasteiger partial charge on any atom is -0.360 e. The lowest BCUT2D eigenvalue weighted by molar-refractivity contribution is 1.09. The Morgan fingerprint density at radius 2 is 2.23 bits per heavy atom. The van der Waals surface area contributed by atoms with Crippen LogP contribution >= 0.6 is 11.6 Å². The molecule has 2 aromatic heterocycles. The van der Waals surface area contributed by atoms with Gasteiger partial charge in [-0.1, -0.05) is 17.7 Å². The van der Waals surface area contributed by atoms with Gasteiger partial charge in [0.2, 0.25) is 0 Å². The summed E-state index contributed by atoms with van der Waals surface area (Å²) < 4.78 is 0. The summed E-state index contributed by atoms with van der Waals surface area (Å²) in [6.07, 6.45) is 3.42. The molecule has 0 amide bonds. The SMILES string of the molecule is N#Cc1c(Nc2cccc(Cl)c2)n[nH]c1/N=C/c1ccc[nH]1. The maximum atomic E-state index is 9.32. The average molecular weight is 311 g/mol. The van der Waals surface area contributed by atoms with E-state index >= 15 is 0 Å². The Balaban J connectivity index is 1.86. The largest absolute Gasteiger partial charge is 0.360 e. The molecular weight excluding hydrogens is 300 g/mol. The van der Waals surface area contributed by atoms with Crippen molar-refractivity contribution in [2.75, 3.05) is 5.32 Å². The van der Waals surface area contributed by atoms with Crippen molar-refractivity contribution in [2.45, 2.75) is 0 Å². The molecule has 0 bridgehead atoms. The summed E-state index contributed by atoms with van der Waals surface area (Å²) in [5.74, 6) is 0.796. The quantitative estimate of drug-likeness (QED) is 0.640. The molecule has 0 saturated carbocycles. The Labute approximate surface area is 131 Å². The zero-order valence-corrected chi connectivity index (χ0v) is 12.1. The van der Waals surface area contributed by atoms with E-state index in [0.29, 0.717) is 22.2 Å². The normalized spacial score (nSPS) is 10.7. The lowest BCUT2D eigenvalue weighted by Crippen LogP contribution is -1.92. The van der Waals surface area contributed by atoms with Crippen molar-refractivity contribution in [3.05, 3.63) is 58.9 Å². The fraction of sp³-hybridized carbons (Fsp3) is 0. The monoisotopic (exact) mass is 310 g/mol. The van der Waals surface area contributed by atoms with E-state index in [9.17, 15) is 5.26 Å². The topological polar surface area (TPSA) is 92.7 Å². The van der Waals surface area contributed by atoms with Gasteiger partial charge >= 0.3 is 0 Å². The molecule has 0 unspecified atom stereocenters. The molecule has 0 radical (unpaired) electrons. The highest BCUT2D eigenvalue weighted by atomic mass is 35.5. The van der Waals surface area contributed by atoms with Gasteiger partial charge in [-0.05, 0) is 30.3 Å². The second kappa shape index (κ2) is 6.16. The third-order valence-corrected chi connectivity index (χ3v) is 3.14. The second-order valence-electron chi connectivity index (χ2n) is 4.43. The molecule has 7 heteroatoms. The number of benzene rings is 1. The first-order valence-electron chi connectivity index (χ1n) is 6.45. The first-order valence-corrected chi connectivity index (χ1v) is 6.82. The molecule has 3 aromatic rings. The zero-order valence-electron chi connectivity index (χ0n) is 11.3. The fourth-order valence-electron chi connectivity index (χ4n) is 1.88. The van der Waals surface area contributed by atoms with E-state index in [1.807, 2.05) is 24.3 Å². The number of aliphatic imine (C=N–C) groups is 1. The van der Waals surface area contributed by atoms with Crippen LogP contribution in [-0.4, -0.2) is 21.4 Å². The smallest absolute Gasteiger partial charge is 0.172 e. The van der Waals surface area contributed by atoms with Gasteiger partial charge in [0, 0.05) is 16.9 Å². The van der Waals surface area contributed by atoms with E-state index in [1.54, 1.807) is 24.5 Å². The Morgan fingerprint density at radius 1 is 1.32 bits per heavy atom. The number of nitrogens with zero attached hydrogens (tertiary/aromatic N) is 3.